The van der Waals surface area contributed by atoms with E-state index in [-0.39, 0.29) is 0 Å². The first-order valence-corrected chi connectivity index (χ1v) is 10.2. The number of piperazine rings is 1. The van der Waals surface area contributed by atoms with Crippen molar-refractivity contribution in [3.8, 4) is 5.75 Å². The van der Waals surface area contributed by atoms with E-state index in [9.17, 15) is 0 Å². The molecule has 0 atom stereocenters. The molecule has 0 saturated carbocycles. The standard InChI is InChI=1S/C24H25ClN2O/c25-22-9-5-10-23(17-22)27-14-12-26(13-15-27)18-21-8-4-11-24(16-21)28-19-20-6-2-1-3-7-20/h1-11,16-17H,12-15,18-19H2/p+1. The molecule has 28 heavy (non-hydrogen) atoms. The Bertz CT molecular complexity index is 892. The minimum Gasteiger partial charge on any atom is -0.489 e. The first-order valence-electron chi connectivity index (χ1n) is 9.86. The third-order valence-electron chi connectivity index (χ3n) is 5.24. The van der Waals surface area contributed by atoms with Gasteiger partial charge in [0.25, 0.3) is 0 Å². The minimum atomic E-state index is 0.607. The molecule has 1 N–H and O–H groups in total. The van der Waals surface area contributed by atoms with Crippen molar-refractivity contribution >= 4 is 17.3 Å². The van der Waals surface area contributed by atoms with Crippen molar-refractivity contribution in [1.29, 1.82) is 0 Å². The second-order valence-corrected chi connectivity index (χ2v) is 7.75. The first-order chi connectivity index (χ1) is 13.8. The van der Waals surface area contributed by atoms with Gasteiger partial charge >= 0.3 is 0 Å². The molecule has 1 aliphatic heterocycles. The summed E-state index contributed by atoms with van der Waals surface area (Å²) in [6, 6.07) is 27.0. The molecule has 1 saturated heterocycles. The Labute approximate surface area is 172 Å². The Morgan fingerprint density at radius 1 is 0.821 bits per heavy atom. The largest absolute Gasteiger partial charge is 0.489 e. The maximum absolute atomic E-state index is 6.14. The number of nitrogens with zero attached hydrogens (tertiary/aromatic N) is 1. The predicted molar refractivity (Wildman–Crippen MR) is 115 cm³/mol. The number of benzene rings is 3. The summed E-state index contributed by atoms with van der Waals surface area (Å²) in [5.41, 5.74) is 3.75. The lowest BCUT2D eigenvalue weighted by Crippen LogP contribution is -3.13. The van der Waals surface area contributed by atoms with E-state index in [0.717, 1.165) is 43.5 Å². The van der Waals surface area contributed by atoms with Crippen LogP contribution in [0.15, 0.2) is 78.9 Å². The molecule has 144 valence electrons. The molecule has 0 amide bonds. The van der Waals surface area contributed by atoms with Crippen molar-refractivity contribution < 1.29 is 9.64 Å². The predicted octanol–water partition coefficient (Wildman–Crippen LogP) is 3.82. The summed E-state index contributed by atoms with van der Waals surface area (Å²) >= 11 is 6.14. The van der Waals surface area contributed by atoms with E-state index in [4.69, 9.17) is 16.3 Å². The Morgan fingerprint density at radius 2 is 1.57 bits per heavy atom. The molecule has 4 heteroatoms. The third-order valence-corrected chi connectivity index (χ3v) is 5.48. The molecule has 0 unspecified atom stereocenters. The van der Waals surface area contributed by atoms with Gasteiger partial charge < -0.3 is 14.5 Å². The molecule has 3 nitrogen and oxygen atoms in total. The molecular weight excluding hydrogens is 368 g/mol. The molecule has 4 rings (SSSR count). The van der Waals surface area contributed by atoms with Gasteiger partial charge in [0.05, 0.1) is 26.2 Å². The minimum absolute atomic E-state index is 0.607. The maximum Gasteiger partial charge on any atom is 0.120 e. The van der Waals surface area contributed by atoms with Crippen molar-refractivity contribution in [2.75, 3.05) is 31.1 Å². The van der Waals surface area contributed by atoms with Crippen LogP contribution in [0, 0.1) is 0 Å². The Balaban J connectivity index is 1.30. The maximum atomic E-state index is 6.14. The molecule has 1 fully saturated rings. The van der Waals surface area contributed by atoms with E-state index in [2.05, 4.69) is 47.4 Å². The highest BCUT2D eigenvalue weighted by Gasteiger charge is 2.20. The lowest BCUT2D eigenvalue weighted by molar-refractivity contribution is -0.914. The summed E-state index contributed by atoms with van der Waals surface area (Å²) in [5.74, 6) is 0.943. The van der Waals surface area contributed by atoms with Gasteiger partial charge in [0.15, 0.2) is 0 Å². The topological polar surface area (TPSA) is 16.9 Å². The van der Waals surface area contributed by atoms with Crippen LogP contribution in [0.25, 0.3) is 0 Å². The van der Waals surface area contributed by atoms with Crippen molar-refractivity contribution in [2.24, 2.45) is 0 Å². The summed E-state index contributed by atoms with van der Waals surface area (Å²) in [5, 5.41) is 0.805. The quantitative estimate of drug-likeness (QED) is 0.685. The SMILES string of the molecule is Clc1cccc(N2CC[NH+](Cc3cccc(OCc4ccccc4)c3)CC2)c1. The third kappa shape index (κ3) is 5.06. The monoisotopic (exact) mass is 393 g/mol. The van der Waals surface area contributed by atoms with Crippen molar-refractivity contribution in [3.63, 3.8) is 0 Å². The van der Waals surface area contributed by atoms with E-state index >= 15 is 0 Å². The van der Waals surface area contributed by atoms with Gasteiger partial charge in [-0.25, -0.2) is 0 Å². The van der Waals surface area contributed by atoms with Gasteiger partial charge in [-0.2, -0.15) is 0 Å². The number of halogens is 1. The van der Waals surface area contributed by atoms with Crippen LogP contribution in [-0.2, 0) is 13.2 Å². The van der Waals surface area contributed by atoms with E-state index in [1.807, 2.05) is 36.4 Å². The Hall–Kier alpha value is -2.49. The fraction of sp³-hybridized carbons (Fsp3) is 0.250. The summed E-state index contributed by atoms with van der Waals surface area (Å²) in [6.07, 6.45) is 0. The Morgan fingerprint density at radius 3 is 2.36 bits per heavy atom. The van der Waals surface area contributed by atoms with E-state index in [1.165, 1.54) is 16.8 Å². The van der Waals surface area contributed by atoms with Crippen molar-refractivity contribution in [1.82, 2.24) is 0 Å². The van der Waals surface area contributed by atoms with Crippen LogP contribution >= 0.6 is 11.6 Å². The molecule has 1 aliphatic rings. The van der Waals surface area contributed by atoms with Crippen LogP contribution < -0.4 is 14.5 Å². The van der Waals surface area contributed by atoms with Crippen LogP contribution in [0.1, 0.15) is 11.1 Å². The zero-order valence-corrected chi connectivity index (χ0v) is 16.7. The molecular formula is C24H26ClN2O+. The number of nitrogens with one attached hydrogen (secondary N) is 1. The van der Waals surface area contributed by atoms with E-state index in [1.54, 1.807) is 4.90 Å². The van der Waals surface area contributed by atoms with Gasteiger partial charge in [0.2, 0.25) is 0 Å². The van der Waals surface area contributed by atoms with Gasteiger partial charge in [0, 0.05) is 16.3 Å². The number of ether oxygens (including phenoxy) is 1. The number of hydrogen-bond acceptors (Lipinski definition) is 2. The van der Waals surface area contributed by atoms with Gasteiger partial charge in [-0.1, -0.05) is 60.1 Å². The highest BCUT2D eigenvalue weighted by atomic mass is 35.5. The van der Waals surface area contributed by atoms with Crippen LogP contribution in [-0.4, -0.2) is 26.2 Å². The molecule has 1 heterocycles. The first kappa shape index (κ1) is 18.9. The second-order valence-electron chi connectivity index (χ2n) is 7.32. The van der Waals surface area contributed by atoms with E-state index < -0.39 is 0 Å². The Kier molecular flexibility index (Phi) is 6.15. The average molecular weight is 394 g/mol. The lowest BCUT2D eigenvalue weighted by atomic mass is 10.1. The molecule has 3 aromatic carbocycles. The zero-order chi connectivity index (χ0) is 19.2. The molecule has 0 bridgehead atoms. The smallest absolute Gasteiger partial charge is 0.120 e. The molecule has 0 aromatic heterocycles. The number of anilines is 1. The van der Waals surface area contributed by atoms with Gasteiger partial charge in [-0.3, -0.25) is 0 Å². The summed E-state index contributed by atoms with van der Waals surface area (Å²) in [6.45, 7) is 6.00. The van der Waals surface area contributed by atoms with Gasteiger partial charge in [0.1, 0.15) is 18.9 Å². The number of hydrogen-bond donors (Lipinski definition) is 1. The van der Waals surface area contributed by atoms with Crippen molar-refractivity contribution in [2.45, 2.75) is 13.2 Å². The van der Waals surface area contributed by atoms with Crippen LogP contribution in [0.3, 0.4) is 0 Å². The van der Waals surface area contributed by atoms with Crippen LogP contribution in [0.4, 0.5) is 5.69 Å². The zero-order valence-electron chi connectivity index (χ0n) is 16.0. The van der Waals surface area contributed by atoms with Crippen LogP contribution in [0.5, 0.6) is 5.75 Å². The average Bonchev–Trinajstić information content (AvgIpc) is 2.74. The lowest BCUT2D eigenvalue weighted by Gasteiger charge is -2.33. The normalized spacial score (nSPS) is 14.8. The number of quaternary nitrogens is 1. The molecule has 0 radical (unpaired) electrons. The van der Waals surface area contributed by atoms with Gasteiger partial charge in [-0.15, -0.1) is 0 Å². The van der Waals surface area contributed by atoms with Crippen molar-refractivity contribution in [3.05, 3.63) is 95.0 Å². The highest BCUT2D eigenvalue weighted by Crippen LogP contribution is 2.19. The second kappa shape index (κ2) is 9.13. The van der Waals surface area contributed by atoms with E-state index in [0.29, 0.717) is 6.61 Å². The number of rotatable bonds is 6. The van der Waals surface area contributed by atoms with Crippen LogP contribution in [0.2, 0.25) is 5.02 Å². The van der Waals surface area contributed by atoms with Gasteiger partial charge in [-0.05, 0) is 35.9 Å². The fourth-order valence-electron chi connectivity index (χ4n) is 3.71. The highest BCUT2D eigenvalue weighted by molar-refractivity contribution is 6.30. The summed E-state index contributed by atoms with van der Waals surface area (Å²) in [7, 11) is 0. The molecule has 0 spiro atoms. The summed E-state index contributed by atoms with van der Waals surface area (Å²) < 4.78 is 5.98. The molecule has 0 aliphatic carbocycles. The summed E-state index contributed by atoms with van der Waals surface area (Å²) in [4.78, 5) is 4.04. The fourth-order valence-corrected chi connectivity index (χ4v) is 3.89. The molecule has 3 aromatic rings.